The third kappa shape index (κ3) is 2.00. The van der Waals surface area contributed by atoms with Crippen LogP contribution in [-0.2, 0) is 0 Å². The monoisotopic (exact) mass is 219 g/mol. The Labute approximate surface area is 92.9 Å². The summed E-state index contributed by atoms with van der Waals surface area (Å²) in [5.74, 6) is -0.207. The number of aromatic amines is 1. The lowest BCUT2D eigenvalue weighted by atomic mass is 10.2. The van der Waals surface area contributed by atoms with E-state index in [1.54, 1.807) is 6.07 Å². The van der Waals surface area contributed by atoms with Crippen LogP contribution < -0.4 is 4.74 Å². The minimum atomic E-state index is -0.956. The molecule has 16 heavy (non-hydrogen) atoms. The number of aromatic carboxylic acids is 1. The maximum Gasteiger partial charge on any atom is 0.352 e. The number of nitrogens with one attached hydrogen (secondary N) is 1. The summed E-state index contributed by atoms with van der Waals surface area (Å²) < 4.78 is 5.53. The average Bonchev–Trinajstić information content (AvgIpc) is 2.59. The predicted octanol–water partition coefficient (Wildman–Crippen LogP) is 2.65. The molecule has 84 valence electrons. The van der Waals surface area contributed by atoms with Crippen molar-refractivity contribution in [3.05, 3.63) is 30.0 Å². The molecule has 0 saturated heterocycles. The van der Waals surface area contributed by atoms with E-state index in [2.05, 4.69) is 4.98 Å². The quantitative estimate of drug-likeness (QED) is 0.834. The Hall–Kier alpha value is -1.97. The first-order chi connectivity index (χ1) is 7.56. The molecule has 2 aromatic rings. The summed E-state index contributed by atoms with van der Waals surface area (Å²) in [5, 5.41) is 9.68. The maximum absolute atomic E-state index is 10.8. The second-order valence-electron chi connectivity index (χ2n) is 3.90. The summed E-state index contributed by atoms with van der Waals surface area (Å²) in [6.45, 7) is 3.90. The van der Waals surface area contributed by atoms with Crippen LogP contribution in [0.2, 0.25) is 0 Å². The highest BCUT2D eigenvalue weighted by molar-refractivity contribution is 5.94. The maximum atomic E-state index is 10.8. The smallest absolute Gasteiger partial charge is 0.352 e. The fourth-order valence-corrected chi connectivity index (χ4v) is 1.57. The van der Waals surface area contributed by atoms with E-state index >= 15 is 0 Å². The number of carboxylic acids is 1. The standard InChI is InChI=1S/C12H13NO3/c1-7(2)16-9-3-4-10-8(5-9)6-11(13-10)12(14)15/h3-7,13H,1-2H3,(H,14,15). The van der Waals surface area contributed by atoms with Gasteiger partial charge in [0.25, 0.3) is 0 Å². The van der Waals surface area contributed by atoms with E-state index in [4.69, 9.17) is 9.84 Å². The van der Waals surface area contributed by atoms with Gasteiger partial charge in [0.1, 0.15) is 11.4 Å². The van der Waals surface area contributed by atoms with Gasteiger partial charge in [0, 0.05) is 10.9 Å². The van der Waals surface area contributed by atoms with Gasteiger partial charge in [-0.1, -0.05) is 0 Å². The largest absolute Gasteiger partial charge is 0.491 e. The van der Waals surface area contributed by atoms with Gasteiger partial charge < -0.3 is 14.8 Å². The summed E-state index contributed by atoms with van der Waals surface area (Å²) in [6, 6.07) is 7.08. The minimum absolute atomic E-state index is 0.107. The van der Waals surface area contributed by atoms with Gasteiger partial charge in [0.2, 0.25) is 0 Å². The zero-order valence-corrected chi connectivity index (χ0v) is 9.15. The zero-order valence-electron chi connectivity index (χ0n) is 9.15. The summed E-state index contributed by atoms with van der Waals surface area (Å²) >= 11 is 0. The zero-order chi connectivity index (χ0) is 11.7. The summed E-state index contributed by atoms with van der Waals surface area (Å²) in [5.41, 5.74) is 0.991. The first-order valence-electron chi connectivity index (χ1n) is 5.09. The van der Waals surface area contributed by atoms with Crippen molar-refractivity contribution in [3.63, 3.8) is 0 Å². The van der Waals surface area contributed by atoms with E-state index in [0.29, 0.717) is 0 Å². The molecule has 1 aromatic carbocycles. The summed E-state index contributed by atoms with van der Waals surface area (Å²) in [6.07, 6.45) is 0.107. The van der Waals surface area contributed by atoms with Gasteiger partial charge in [-0.25, -0.2) is 4.79 Å². The third-order valence-electron chi connectivity index (χ3n) is 2.19. The fraction of sp³-hybridized carbons (Fsp3) is 0.250. The van der Waals surface area contributed by atoms with Crippen LogP contribution in [0.5, 0.6) is 5.75 Å². The molecule has 1 heterocycles. The second-order valence-corrected chi connectivity index (χ2v) is 3.90. The summed E-state index contributed by atoms with van der Waals surface area (Å²) in [4.78, 5) is 13.6. The number of H-pyrrole nitrogens is 1. The highest BCUT2D eigenvalue weighted by Gasteiger charge is 2.08. The molecule has 0 aliphatic heterocycles. The van der Waals surface area contributed by atoms with Crippen LogP contribution in [0.25, 0.3) is 10.9 Å². The molecule has 0 aliphatic rings. The van der Waals surface area contributed by atoms with Crippen molar-refractivity contribution >= 4 is 16.9 Å². The van der Waals surface area contributed by atoms with E-state index in [-0.39, 0.29) is 11.8 Å². The van der Waals surface area contributed by atoms with Gasteiger partial charge in [-0.2, -0.15) is 0 Å². The molecule has 0 unspecified atom stereocenters. The molecule has 0 amide bonds. The Morgan fingerprint density at radius 1 is 1.38 bits per heavy atom. The molecule has 0 saturated carbocycles. The van der Waals surface area contributed by atoms with Crippen LogP contribution in [-0.4, -0.2) is 22.2 Å². The molecule has 0 fully saturated rings. The molecule has 2 N–H and O–H groups in total. The second kappa shape index (κ2) is 3.89. The fourth-order valence-electron chi connectivity index (χ4n) is 1.57. The number of rotatable bonds is 3. The molecule has 0 atom stereocenters. The Morgan fingerprint density at radius 3 is 2.75 bits per heavy atom. The Bertz CT molecular complexity index is 528. The number of aromatic nitrogens is 1. The van der Waals surface area contributed by atoms with Gasteiger partial charge >= 0.3 is 5.97 Å². The Balaban J connectivity index is 2.41. The Morgan fingerprint density at radius 2 is 2.12 bits per heavy atom. The predicted molar refractivity (Wildman–Crippen MR) is 61.0 cm³/mol. The number of benzene rings is 1. The first-order valence-corrected chi connectivity index (χ1v) is 5.09. The number of carbonyl (C=O) groups is 1. The number of carboxylic acid groups (broad SMARTS) is 1. The Kier molecular flexibility index (Phi) is 2.56. The van der Waals surface area contributed by atoms with Crippen LogP contribution in [0.1, 0.15) is 24.3 Å². The van der Waals surface area contributed by atoms with Crippen LogP contribution in [0.15, 0.2) is 24.3 Å². The highest BCUT2D eigenvalue weighted by Crippen LogP contribution is 2.22. The highest BCUT2D eigenvalue weighted by atomic mass is 16.5. The van der Waals surface area contributed by atoms with Gasteiger partial charge in [-0.15, -0.1) is 0 Å². The molecule has 4 heteroatoms. The van der Waals surface area contributed by atoms with E-state index in [1.165, 1.54) is 0 Å². The van der Waals surface area contributed by atoms with Gasteiger partial charge in [0.05, 0.1) is 6.10 Å². The summed E-state index contributed by atoms with van der Waals surface area (Å²) in [7, 11) is 0. The van der Waals surface area contributed by atoms with Crippen molar-refractivity contribution in [2.24, 2.45) is 0 Å². The molecule has 0 spiro atoms. The molecular weight excluding hydrogens is 206 g/mol. The van der Waals surface area contributed by atoms with E-state index in [0.717, 1.165) is 16.7 Å². The third-order valence-corrected chi connectivity index (χ3v) is 2.19. The lowest BCUT2D eigenvalue weighted by Gasteiger charge is -2.08. The van der Waals surface area contributed by atoms with Gasteiger partial charge in [-0.3, -0.25) is 0 Å². The van der Waals surface area contributed by atoms with Gasteiger partial charge in [-0.05, 0) is 38.1 Å². The molecule has 2 rings (SSSR count). The molecule has 1 aromatic heterocycles. The molecular formula is C12H13NO3. The van der Waals surface area contributed by atoms with Crippen molar-refractivity contribution in [1.82, 2.24) is 4.98 Å². The topological polar surface area (TPSA) is 62.3 Å². The SMILES string of the molecule is CC(C)Oc1ccc2[nH]c(C(=O)O)cc2c1. The van der Waals surface area contributed by atoms with Crippen molar-refractivity contribution < 1.29 is 14.6 Å². The minimum Gasteiger partial charge on any atom is -0.491 e. The average molecular weight is 219 g/mol. The van der Waals surface area contributed by atoms with E-state index in [9.17, 15) is 4.79 Å². The van der Waals surface area contributed by atoms with E-state index in [1.807, 2.05) is 32.0 Å². The van der Waals surface area contributed by atoms with Crippen LogP contribution in [0, 0.1) is 0 Å². The van der Waals surface area contributed by atoms with Crippen LogP contribution >= 0.6 is 0 Å². The normalized spacial score (nSPS) is 10.9. The molecule has 0 aliphatic carbocycles. The van der Waals surface area contributed by atoms with Crippen molar-refractivity contribution in [1.29, 1.82) is 0 Å². The van der Waals surface area contributed by atoms with Crippen molar-refractivity contribution in [2.75, 3.05) is 0 Å². The van der Waals surface area contributed by atoms with Crippen LogP contribution in [0.4, 0.5) is 0 Å². The van der Waals surface area contributed by atoms with Crippen LogP contribution in [0.3, 0.4) is 0 Å². The lowest BCUT2D eigenvalue weighted by molar-refractivity contribution is 0.0691. The number of ether oxygens (including phenoxy) is 1. The van der Waals surface area contributed by atoms with Crippen molar-refractivity contribution in [3.8, 4) is 5.75 Å². The number of fused-ring (bicyclic) bond motifs is 1. The van der Waals surface area contributed by atoms with E-state index < -0.39 is 5.97 Å². The molecule has 4 nitrogen and oxygen atoms in total. The van der Waals surface area contributed by atoms with Gasteiger partial charge in [0.15, 0.2) is 0 Å². The lowest BCUT2D eigenvalue weighted by Crippen LogP contribution is -2.04. The number of hydrogen-bond acceptors (Lipinski definition) is 2. The van der Waals surface area contributed by atoms with Crippen molar-refractivity contribution in [2.45, 2.75) is 20.0 Å². The molecule has 0 bridgehead atoms. The molecule has 0 radical (unpaired) electrons. The number of hydrogen-bond donors (Lipinski definition) is 2. The first kappa shape index (κ1) is 10.5.